The van der Waals surface area contributed by atoms with Gasteiger partial charge in [0.25, 0.3) is 0 Å². The van der Waals surface area contributed by atoms with Crippen molar-refractivity contribution in [2.75, 3.05) is 11.5 Å². The second-order valence-corrected chi connectivity index (χ2v) is 8.52. The van der Waals surface area contributed by atoms with E-state index in [4.69, 9.17) is 14.2 Å². The first-order valence-corrected chi connectivity index (χ1v) is 8.98. The van der Waals surface area contributed by atoms with Crippen LogP contribution < -0.4 is 4.90 Å². The molecule has 10 nitrogen and oxygen atoms in total. The van der Waals surface area contributed by atoms with Gasteiger partial charge in [0.2, 0.25) is 0 Å². The summed E-state index contributed by atoms with van der Waals surface area (Å²) in [6, 6.07) is 0. The minimum atomic E-state index is -0.901. The van der Waals surface area contributed by atoms with Crippen LogP contribution in [0.2, 0.25) is 0 Å². The molecule has 3 rings (SSSR count). The lowest BCUT2D eigenvalue weighted by molar-refractivity contribution is 0.0429. The van der Waals surface area contributed by atoms with Gasteiger partial charge >= 0.3 is 12.2 Å². The molecule has 0 radical (unpaired) electrons. The van der Waals surface area contributed by atoms with Crippen molar-refractivity contribution in [2.45, 2.75) is 65.4 Å². The Morgan fingerprint density at radius 2 is 1.68 bits per heavy atom. The second kappa shape index (κ2) is 7.01. The lowest BCUT2D eigenvalue weighted by atomic mass is 10.2. The molecule has 0 unspecified atom stereocenters. The van der Waals surface area contributed by atoms with Crippen molar-refractivity contribution in [3.8, 4) is 0 Å². The second-order valence-electron chi connectivity index (χ2n) is 8.52. The minimum Gasteiger partial charge on any atom is -0.443 e. The van der Waals surface area contributed by atoms with Gasteiger partial charge in [0, 0.05) is 0 Å². The first-order valence-electron chi connectivity index (χ1n) is 8.98. The van der Waals surface area contributed by atoms with Crippen molar-refractivity contribution in [1.82, 2.24) is 19.5 Å². The van der Waals surface area contributed by atoms with Crippen LogP contribution in [-0.2, 0) is 20.8 Å². The Labute approximate surface area is 162 Å². The maximum atomic E-state index is 12.8. The number of carbonyl (C=O) groups is 2. The summed E-state index contributed by atoms with van der Waals surface area (Å²) in [5.74, 6) is 0.00367. The van der Waals surface area contributed by atoms with Gasteiger partial charge in [0.15, 0.2) is 17.0 Å². The van der Waals surface area contributed by atoms with E-state index in [0.717, 1.165) is 4.90 Å². The molecule has 0 spiro atoms. The van der Waals surface area contributed by atoms with Crippen LogP contribution in [0.25, 0.3) is 11.2 Å². The predicted molar refractivity (Wildman–Crippen MR) is 100 cm³/mol. The van der Waals surface area contributed by atoms with Crippen molar-refractivity contribution in [2.24, 2.45) is 0 Å². The Hall–Kier alpha value is -2.75. The van der Waals surface area contributed by atoms with Crippen LogP contribution >= 0.6 is 0 Å². The highest BCUT2D eigenvalue weighted by Crippen LogP contribution is 2.26. The lowest BCUT2D eigenvalue weighted by Crippen LogP contribution is -2.44. The first kappa shape index (κ1) is 20.0. The largest absolute Gasteiger partial charge is 0.443 e. The first-order chi connectivity index (χ1) is 12.9. The van der Waals surface area contributed by atoms with Crippen molar-refractivity contribution < 1.29 is 23.8 Å². The SMILES string of the molecule is CC(C)(C)OC(=O)N(C(=O)OC(C)(C)C)c1ncnc2c1ncn2C[C@@H]1CO1. The van der Waals surface area contributed by atoms with E-state index < -0.39 is 23.4 Å². The van der Waals surface area contributed by atoms with Gasteiger partial charge in [0.05, 0.1) is 25.6 Å². The van der Waals surface area contributed by atoms with Gasteiger partial charge in [-0.05, 0) is 41.5 Å². The molecule has 0 saturated carbocycles. The standard InChI is InChI=1S/C18H25N5O5/c1-17(2,3)27-15(24)23(16(25)28-18(4,5)6)14-12-13(19-9-20-14)22(10-21-12)7-11-8-26-11/h9-11H,7-8H2,1-6H3/t11-/m1/s1. The summed E-state index contributed by atoms with van der Waals surface area (Å²) in [6.45, 7) is 11.5. The van der Waals surface area contributed by atoms with Gasteiger partial charge < -0.3 is 18.8 Å². The highest BCUT2D eigenvalue weighted by atomic mass is 16.6. The van der Waals surface area contributed by atoms with Gasteiger partial charge in [-0.3, -0.25) is 0 Å². The Morgan fingerprint density at radius 3 is 2.18 bits per heavy atom. The van der Waals surface area contributed by atoms with Gasteiger partial charge in [-0.1, -0.05) is 0 Å². The van der Waals surface area contributed by atoms with E-state index in [-0.39, 0.29) is 11.9 Å². The molecule has 1 aliphatic rings. The van der Waals surface area contributed by atoms with E-state index >= 15 is 0 Å². The summed E-state index contributed by atoms with van der Waals surface area (Å²) < 4.78 is 17.8. The normalized spacial score (nSPS) is 16.7. The van der Waals surface area contributed by atoms with Crippen LogP contribution in [0, 0.1) is 0 Å². The molecule has 1 fully saturated rings. The van der Waals surface area contributed by atoms with Crippen LogP contribution in [0.5, 0.6) is 0 Å². The highest BCUT2D eigenvalue weighted by molar-refractivity contribution is 6.12. The molecule has 2 aromatic rings. The van der Waals surface area contributed by atoms with Crippen molar-refractivity contribution in [3.05, 3.63) is 12.7 Å². The van der Waals surface area contributed by atoms with Crippen molar-refractivity contribution in [3.63, 3.8) is 0 Å². The lowest BCUT2D eigenvalue weighted by Gasteiger charge is -2.28. The van der Waals surface area contributed by atoms with Gasteiger partial charge in [-0.2, -0.15) is 4.90 Å². The maximum absolute atomic E-state index is 12.8. The number of fused-ring (bicyclic) bond motifs is 1. The number of ether oxygens (including phenoxy) is 3. The monoisotopic (exact) mass is 391 g/mol. The van der Waals surface area contributed by atoms with Gasteiger partial charge in [-0.25, -0.2) is 24.5 Å². The number of anilines is 1. The number of imidazole rings is 1. The average Bonchev–Trinajstić information content (AvgIpc) is 3.23. The average molecular weight is 391 g/mol. The molecule has 2 amide bonds. The number of epoxide rings is 1. The fourth-order valence-electron chi connectivity index (χ4n) is 2.42. The third-order valence-electron chi connectivity index (χ3n) is 3.55. The van der Waals surface area contributed by atoms with Crippen LogP contribution in [0.4, 0.5) is 15.4 Å². The van der Waals surface area contributed by atoms with E-state index in [1.165, 1.54) is 6.33 Å². The molecule has 10 heteroatoms. The molecular formula is C18H25N5O5. The molecule has 0 N–H and O–H groups in total. The van der Waals surface area contributed by atoms with Crippen molar-refractivity contribution in [1.29, 1.82) is 0 Å². The minimum absolute atomic E-state index is 0.00367. The zero-order valence-electron chi connectivity index (χ0n) is 16.9. The third kappa shape index (κ3) is 4.75. The summed E-state index contributed by atoms with van der Waals surface area (Å²) in [5, 5.41) is 0. The topological polar surface area (TPSA) is 112 Å². The smallest absolute Gasteiger partial charge is 0.425 e. The molecule has 1 saturated heterocycles. The summed E-state index contributed by atoms with van der Waals surface area (Å²) in [4.78, 5) is 39.0. The number of imide groups is 1. The Morgan fingerprint density at radius 1 is 1.11 bits per heavy atom. The number of amides is 2. The molecular weight excluding hydrogens is 366 g/mol. The van der Waals surface area contributed by atoms with E-state index in [1.807, 2.05) is 0 Å². The Balaban J connectivity index is 2.02. The van der Waals surface area contributed by atoms with E-state index in [2.05, 4.69) is 15.0 Å². The molecule has 28 heavy (non-hydrogen) atoms. The van der Waals surface area contributed by atoms with Crippen LogP contribution in [0.1, 0.15) is 41.5 Å². The summed E-state index contributed by atoms with van der Waals surface area (Å²) in [7, 11) is 0. The molecule has 0 aromatic carbocycles. The van der Waals surface area contributed by atoms with Crippen molar-refractivity contribution >= 4 is 29.2 Å². The molecule has 2 aromatic heterocycles. The maximum Gasteiger partial charge on any atom is 0.425 e. The fraction of sp³-hybridized carbons (Fsp3) is 0.611. The number of carbonyl (C=O) groups excluding carboxylic acids is 2. The highest BCUT2D eigenvalue weighted by Gasteiger charge is 2.35. The Bertz CT molecular complexity index is 864. The van der Waals surface area contributed by atoms with Crippen LogP contribution in [-0.4, -0.2) is 55.6 Å². The molecule has 1 atom stereocenters. The van der Waals surface area contributed by atoms with Gasteiger partial charge in [0.1, 0.15) is 17.5 Å². The molecule has 1 aliphatic heterocycles. The summed E-state index contributed by atoms with van der Waals surface area (Å²) in [5.41, 5.74) is -0.851. The number of rotatable bonds is 3. The van der Waals surface area contributed by atoms with E-state index in [1.54, 1.807) is 52.4 Å². The Kier molecular flexibility index (Phi) is 5.00. The molecule has 0 bridgehead atoms. The number of nitrogens with zero attached hydrogens (tertiary/aromatic N) is 5. The number of aromatic nitrogens is 4. The number of hydrogen-bond acceptors (Lipinski definition) is 8. The van der Waals surface area contributed by atoms with Crippen LogP contribution in [0.15, 0.2) is 12.7 Å². The van der Waals surface area contributed by atoms with Crippen LogP contribution in [0.3, 0.4) is 0 Å². The fourth-order valence-corrected chi connectivity index (χ4v) is 2.42. The van der Waals surface area contributed by atoms with Gasteiger partial charge in [-0.15, -0.1) is 0 Å². The third-order valence-corrected chi connectivity index (χ3v) is 3.55. The predicted octanol–water partition coefficient (Wildman–Crippen LogP) is 2.90. The molecule has 3 heterocycles. The molecule has 152 valence electrons. The zero-order valence-corrected chi connectivity index (χ0v) is 16.9. The summed E-state index contributed by atoms with van der Waals surface area (Å²) in [6.07, 6.45) is 1.16. The van der Waals surface area contributed by atoms with E-state index in [0.29, 0.717) is 24.3 Å². The quantitative estimate of drug-likeness (QED) is 0.734. The zero-order chi connectivity index (χ0) is 20.7. The van der Waals surface area contributed by atoms with E-state index in [9.17, 15) is 9.59 Å². The number of hydrogen-bond donors (Lipinski definition) is 0. The summed E-state index contributed by atoms with van der Waals surface area (Å²) >= 11 is 0. The molecule has 0 aliphatic carbocycles.